The largest absolute Gasteiger partial charge is 0.369 e. The molecule has 8 heteroatoms. The Morgan fingerprint density at radius 2 is 1.67 bits per heavy atom. The third kappa shape index (κ3) is 4.13. The molecule has 1 aliphatic heterocycles. The highest BCUT2D eigenvalue weighted by Crippen LogP contribution is 2.22. The molecule has 0 aliphatic carbocycles. The van der Waals surface area contributed by atoms with Crippen molar-refractivity contribution in [1.82, 2.24) is 9.37 Å². The molecule has 0 spiro atoms. The fourth-order valence-corrected chi connectivity index (χ4v) is 4.50. The number of hydrogen-bond donors (Lipinski definition) is 0. The van der Waals surface area contributed by atoms with Gasteiger partial charge in [0.15, 0.2) is 0 Å². The van der Waals surface area contributed by atoms with Crippen LogP contribution >= 0.6 is 0 Å². The summed E-state index contributed by atoms with van der Waals surface area (Å²) in [4.78, 5) is 19.4. The van der Waals surface area contributed by atoms with Crippen molar-refractivity contribution in [3.05, 3.63) is 60.2 Å². The zero-order valence-corrected chi connectivity index (χ0v) is 16.2. The standard InChI is InChI=1S/C19H23N3O4S/c1-20(26-2)19(23)16-7-6-10-18(15-16)27(24,25)22-13-11-21(12-14-22)17-8-4-3-5-9-17/h3-10,15H,11-14H2,1-2H3. The number of nitrogens with zero attached hydrogens (tertiary/aromatic N) is 3. The summed E-state index contributed by atoms with van der Waals surface area (Å²) in [7, 11) is -0.803. The number of rotatable bonds is 5. The Balaban J connectivity index is 1.75. The molecule has 2 aromatic rings. The first-order chi connectivity index (χ1) is 12.9. The van der Waals surface area contributed by atoms with Gasteiger partial charge in [-0.05, 0) is 30.3 Å². The number of piperazine rings is 1. The SMILES string of the molecule is CON(C)C(=O)c1cccc(S(=O)(=O)N2CCN(c3ccccc3)CC2)c1. The molecule has 144 valence electrons. The maximum absolute atomic E-state index is 13.0. The van der Waals surface area contributed by atoms with Crippen molar-refractivity contribution in [1.29, 1.82) is 0 Å². The summed E-state index contributed by atoms with van der Waals surface area (Å²) in [5.41, 5.74) is 1.35. The molecular weight excluding hydrogens is 366 g/mol. The zero-order chi connectivity index (χ0) is 19.4. The number of para-hydroxylation sites is 1. The number of hydroxylamine groups is 2. The minimum atomic E-state index is -3.66. The van der Waals surface area contributed by atoms with Gasteiger partial charge in [0.1, 0.15) is 0 Å². The van der Waals surface area contributed by atoms with E-state index < -0.39 is 15.9 Å². The summed E-state index contributed by atoms with van der Waals surface area (Å²) in [6, 6.07) is 16.0. The molecule has 0 N–H and O–H groups in total. The Bertz CT molecular complexity index is 894. The number of carbonyl (C=O) groups excluding carboxylic acids is 1. The van der Waals surface area contributed by atoms with Crippen molar-refractivity contribution in [2.24, 2.45) is 0 Å². The minimum absolute atomic E-state index is 0.117. The van der Waals surface area contributed by atoms with E-state index in [2.05, 4.69) is 4.90 Å². The summed E-state index contributed by atoms with van der Waals surface area (Å²) in [6.45, 7) is 2.03. The quantitative estimate of drug-likeness (QED) is 0.730. The second kappa shape index (κ2) is 8.08. The first-order valence-electron chi connectivity index (χ1n) is 8.66. The molecule has 1 fully saturated rings. The second-order valence-corrected chi connectivity index (χ2v) is 8.18. The van der Waals surface area contributed by atoms with Crippen LogP contribution in [0.1, 0.15) is 10.4 Å². The van der Waals surface area contributed by atoms with Crippen LogP contribution in [0.15, 0.2) is 59.5 Å². The van der Waals surface area contributed by atoms with Crippen molar-refractivity contribution in [3.8, 4) is 0 Å². The van der Waals surface area contributed by atoms with E-state index in [0.717, 1.165) is 10.8 Å². The Kier molecular flexibility index (Phi) is 5.79. The van der Waals surface area contributed by atoms with Crippen LogP contribution < -0.4 is 4.90 Å². The highest BCUT2D eigenvalue weighted by molar-refractivity contribution is 7.89. The number of anilines is 1. The van der Waals surface area contributed by atoms with Gasteiger partial charge in [0.05, 0.1) is 12.0 Å². The molecule has 0 aromatic heterocycles. The molecule has 0 unspecified atom stereocenters. The number of carbonyl (C=O) groups is 1. The van der Waals surface area contributed by atoms with E-state index in [1.54, 1.807) is 12.1 Å². The Morgan fingerprint density at radius 1 is 1.00 bits per heavy atom. The molecular formula is C19H23N3O4S. The first-order valence-corrected chi connectivity index (χ1v) is 10.1. The lowest BCUT2D eigenvalue weighted by Gasteiger charge is -2.35. The molecule has 2 aromatic carbocycles. The van der Waals surface area contributed by atoms with Crippen molar-refractivity contribution in [2.75, 3.05) is 45.2 Å². The molecule has 3 rings (SSSR count). The summed E-state index contributed by atoms with van der Waals surface area (Å²) in [5.74, 6) is -0.400. The average Bonchev–Trinajstić information content (AvgIpc) is 2.73. The fourth-order valence-electron chi connectivity index (χ4n) is 3.03. The molecule has 1 heterocycles. The van der Waals surface area contributed by atoms with E-state index in [1.165, 1.54) is 30.6 Å². The van der Waals surface area contributed by atoms with Gasteiger partial charge in [-0.3, -0.25) is 9.63 Å². The lowest BCUT2D eigenvalue weighted by molar-refractivity contribution is -0.0757. The van der Waals surface area contributed by atoms with Gasteiger partial charge in [-0.2, -0.15) is 4.31 Å². The van der Waals surface area contributed by atoms with Crippen LogP contribution in [0.5, 0.6) is 0 Å². The number of amides is 1. The van der Waals surface area contributed by atoms with E-state index >= 15 is 0 Å². The van der Waals surface area contributed by atoms with Gasteiger partial charge in [0.25, 0.3) is 5.91 Å². The Morgan fingerprint density at radius 3 is 2.30 bits per heavy atom. The van der Waals surface area contributed by atoms with Gasteiger partial charge in [0, 0.05) is 44.5 Å². The molecule has 0 atom stereocenters. The van der Waals surface area contributed by atoms with Crippen LogP contribution in [-0.2, 0) is 14.9 Å². The minimum Gasteiger partial charge on any atom is -0.369 e. The van der Waals surface area contributed by atoms with Crippen LogP contribution in [0.3, 0.4) is 0 Å². The maximum Gasteiger partial charge on any atom is 0.277 e. The van der Waals surface area contributed by atoms with Crippen LogP contribution in [0.4, 0.5) is 5.69 Å². The number of sulfonamides is 1. The summed E-state index contributed by atoms with van der Waals surface area (Å²) in [5, 5.41) is 1.06. The van der Waals surface area contributed by atoms with E-state index in [1.807, 2.05) is 30.3 Å². The van der Waals surface area contributed by atoms with Gasteiger partial charge in [-0.25, -0.2) is 13.5 Å². The van der Waals surface area contributed by atoms with Gasteiger partial charge in [-0.1, -0.05) is 24.3 Å². The molecule has 0 bridgehead atoms. The summed E-state index contributed by atoms with van der Waals surface area (Å²) in [6.07, 6.45) is 0. The summed E-state index contributed by atoms with van der Waals surface area (Å²) >= 11 is 0. The van der Waals surface area contributed by atoms with Crippen molar-refractivity contribution in [2.45, 2.75) is 4.90 Å². The normalized spacial score (nSPS) is 15.6. The third-order valence-corrected chi connectivity index (χ3v) is 6.53. The molecule has 0 radical (unpaired) electrons. The van der Waals surface area contributed by atoms with Crippen LogP contribution in [0.25, 0.3) is 0 Å². The van der Waals surface area contributed by atoms with Gasteiger partial charge >= 0.3 is 0 Å². The van der Waals surface area contributed by atoms with Crippen molar-refractivity contribution < 1.29 is 18.0 Å². The lowest BCUT2D eigenvalue weighted by Crippen LogP contribution is -2.48. The predicted molar refractivity (Wildman–Crippen MR) is 103 cm³/mol. The summed E-state index contributed by atoms with van der Waals surface area (Å²) < 4.78 is 27.5. The number of hydrogen-bond acceptors (Lipinski definition) is 5. The molecule has 0 saturated carbocycles. The first kappa shape index (κ1) is 19.3. The third-order valence-electron chi connectivity index (χ3n) is 4.64. The van der Waals surface area contributed by atoms with Gasteiger partial charge in [-0.15, -0.1) is 0 Å². The topological polar surface area (TPSA) is 70.2 Å². The molecule has 1 amide bonds. The highest BCUT2D eigenvalue weighted by atomic mass is 32.2. The van der Waals surface area contributed by atoms with Gasteiger partial charge < -0.3 is 4.90 Å². The van der Waals surface area contributed by atoms with Crippen molar-refractivity contribution >= 4 is 21.6 Å². The Labute approximate surface area is 159 Å². The molecule has 27 heavy (non-hydrogen) atoms. The van der Waals surface area contributed by atoms with E-state index in [0.29, 0.717) is 26.2 Å². The lowest BCUT2D eigenvalue weighted by atomic mass is 10.2. The Hall–Kier alpha value is -2.42. The van der Waals surface area contributed by atoms with E-state index in [-0.39, 0.29) is 10.5 Å². The van der Waals surface area contributed by atoms with Gasteiger partial charge in [0.2, 0.25) is 10.0 Å². The second-order valence-electron chi connectivity index (χ2n) is 6.24. The molecule has 1 saturated heterocycles. The maximum atomic E-state index is 13.0. The van der Waals surface area contributed by atoms with E-state index in [4.69, 9.17) is 4.84 Å². The fraction of sp³-hybridized carbons (Fsp3) is 0.316. The molecule has 7 nitrogen and oxygen atoms in total. The smallest absolute Gasteiger partial charge is 0.277 e. The highest BCUT2D eigenvalue weighted by Gasteiger charge is 2.29. The van der Waals surface area contributed by atoms with Crippen LogP contribution in [-0.4, -0.2) is 64.0 Å². The monoisotopic (exact) mass is 389 g/mol. The van der Waals surface area contributed by atoms with Crippen LogP contribution in [0.2, 0.25) is 0 Å². The number of benzene rings is 2. The van der Waals surface area contributed by atoms with Crippen molar-refractivity contribution in [3.63, 3.8) is 0 Å². The predicted octanol–water partition coefficient (Wildman–Crippen LogP) is 1.83. The van der Waals surface area contributed by atoms with Crippen LogP contribution in [0, 0.1) is 0 Å². The zero-order valence-electron chi connectivity index (χ0n) is 15.4. The average molecular weight is 389 g/mol. The molecule has 1 aliphatic rings. The van der Waals surface area contributed by atoms with E-state index in [9.17, 15) is 13.2 Å².